The molecule has 0 saturated carbocycles. The third-order valence-electron chi connectivity index (χ3n) is 2.16. The molecule has 3 heteroatoms. The molecule has 1 N–H and O–H groups in total. The number of rotatable bonds is 1. The van der Waals surface area contributed by atoms with E-state index in [-0.39, 0.29) is 11.9 Å². The van der Waals surface area contributed by atoms with Gasteiger partial charge >= 0.3 is 0 Å². The molecule has 64 valence electrons. The number of benzene rings is 1. The summed E-state index contributed by atoms with van der Waals surface area (Å²) in [5.74, 6) is -0.115. The minimum Gasteiger partial charge on any atom is -0.310 e. The van der Waals surface area contributed by atoms with Crippen LogP contribution in [-0.2, 0) is 0 Å². The van der Waals surface area contributed by atoms with Crippen LogP contribution in [0.4, 0.5) is 4.39 Å². The Hall–Kier alpha value is -0.410. The highest BCUT2D eigenvalue weighted by Crippen LogP contribution is 2.27. The molecule has 1 aliphatic heterocycles. The Bertz CT molecular complexity index is 297. The van der Waals surface area contributed by atoms with Gasteiger partial charge in [-0.25, -0.2) is 4.39 Å². The minimum absolute atomic E-state index is 0.115. The molecule has 0 radical (unpaired) electrons. The van der Waals surface area contributed by atoms with E-state index in [0.29, 0.717) is 0 Å². The quantitative estimate of drug-likeness (QED) is 0.781. The fourth-order valence-electron chi connectivity index (χ4n) is 1.34. The molecule has 12 heavy (non-hydrogen) atoms. The summed E-state index contributed by atoms with van der Waals surface area (Å²) in [6, 6.07) is 5.28. The molecule has 0 aliphatic carbocycles. The van der Waals surface area contributed by atoms with Gasteiger partial charge in [-0.05, 0) is 31.2 Å². The van der Waals surface area contributed by atoms with Gasteiger partial charge in [0.15, 0.2) is 0 Å². The molecular weight excluding hydrogens is 221 g/mol. The molecule has 1 aromatic rings. The van der Waals surface area contributed by atoms with E-state index < -0.39 is 0 Å². The van der Waals surface area contributed by atoms with Crippen molar-refractivity contribution in [2.24, 2.45) is 0 Å². The van der Waals surface area contributed by atoms with Crippen molar-refractivity contribution in [2.75, 3.05) is 6.54 Å². The molecule has 1 aliphatic rings. The Balaban J connectivity index is 2.34. The van der Waals surface area contributed by atoms with Gasteiger partial charge in [0, 0.05) is 16.1 Å². The highest BCUT2D eigenvalue weighted by atomic mass is 79.9. The summed E-state index contributed by atoms with van der Waals surface area (Å²) < 4.78 is 14.1. The van der Waals surface area contributed by atoms with E-state index in [1.54, 1.807) is 6.07 Å². The predicted octanol–water partition coefficient (Wildman–Crippen LogP) is 2.62. The molecule has 0 spiro atoms. The van der Waals surface area contributed by atoms with Crippen molar-refractivity contribution in [3.05, 3.63) is 34.1 Å². The molecule has 2 rings (SSSR count). The smallest absolute Gasteiger partial charge is 0.128 e. The Kier molecular flexibility index (Phi) is 2.15. The normalized spacial score (nSPS) is 22.0. The van der Waals surface area contributed by atoms with E-state index in [9.17, 15) is 4.39 Å². The summed E-state index contributed by atoms with van der Waals surface area (Å²) in [5.41, 5.74) is 0.774. The zero-order valence-corrected chi connectivity index (χ0v) is 8.07. The monoisotopic (exact) mass is 229 g/mol. The molecule has 1 atom stereocenters. The van der Waals surface area contributed by atoms with Gasteiger partial charge in [0.05, 0.1) is 0 Å². The highest BCUT2D eigenvalue weighted by Gasteiger charge is 2.21. The van der Waals surface area contributed by atoms with Crippen molar-refractivity contribution >= 4 is 15.9 Å². The first-order valence-corrected chi connectivity index (χ1v) is 4.75. The molecule has 1 heterocycles. The van der Waals surface area contributed by atoms with Crippen LogP contribution in [0.2, 0.25) is 0 Å². The third kappa shape index (κ3) is 1.39. The molecule has 1 aromatic carbocycles. The molecule has 0 unspecified atom stereocenters. The van der Waals surface area contributed by atoms with Crippen LogP contribution in [0.15, 0.2) is 22.7 Å². The lowest BCUT2D eigenvalue weighted by Crippen LogP contribution is -2.35. The van der Waals surface area contributed by atoms with Crippen molar-refractivity contribution in [1.82, 2.24) is 5.32 Å². The Morgan fingerprint density at radius 3 is 2.83 bits per heavy atom. The summed E-state index contributed by atoms with van der Waals surface area (Å²) >= 11 is 3.32. The average Bonchev–Trinajstić information content (AvgIpc) is 1.93. The first kappa shape index (κ1) is 8.20. The van der Waals surface area contributed by atoms with Crippen LogP contribution in [0.25, 0.3) is 0 Å². The van der Waals surface area contributed by atoms with Crippen LogP contribution in [-0.4, -0.2) is 6.54 Å². The van der Waals surface area contributed by atoms with Crippen molar-refractivity contribution in [3.63, 3.8) is 0 Å². The zero-order valence-electron chi connectivity index (χ0n) is 6.48. The second kappa shape index (κ2) is 3.15. The van der Waals surface area contributed by atoms with E-state index in [4.69, 9.17) is 0 Å². The third-order valence-corrected chi connectivity index (χ3v) is 2.65. The topological polar surface area (TPSA) is 12.0 Å². The van der Waals surface area contributed by atoms with E-state index in [2.05, 4.69) is 21.2 Å². The van der Waals surface area contributed by atoms with Crippen molar-refractivity contribution < 1.29 is 4.39 Å². The average molecular weight is 230 g/mol. The van der Waals surface area contributed by atoms with Crippen LogP contribution in [0.5, 0.6) is 0 Å². The van der Waals surface area contributed by atoms with Crippen LogP contribution in [0, 0.1) is 5.82 Å². The van der Waals surface area contributed by atoms with Gasteiger partial charge in [0.25, 0.3) is 0 Å². The van der Waals surface area contributed by atoms with Crippen LogP contribution >= 0.6 is 15.9 Å². The predicted molar refractivity (Wildman–Crippen MR) is 49.5 cm³/mol. The van der Waals surface area contributed by atoms with Gasteiger partial charge in [0.2, 0.25) is 0 Å². The molecule has 0 bridgehead atoms. The fraction of sp³-hybridized carbons (Fsp3) is 0.333. The molecule has 1 saturated heterocycles. The van der Waals surface area contributed by atoms with Crippen LogP contribution in [0.1, 0.15) is 18.0 Å². The Labute approximate surface area is 79.1 Å². The van der Waals surface area contributed by atoms with Gasteiger partial charge in [-0.15, -0.1) is 0 Å². The standard InChI is InChI=1S/C9H9BrFN/c10-6-1-2-8(11)7(5-6)9-3-4-12-9/h1-2,5,9,12H,3-4H2/t9-/m0/s1. The first-order chi connectivity index (χ1) is 5.77. The van der Waals surface area contributed by atoms with E-state index >= 15 is 0 Å². The highest BCUT2D eigenvalue weighted by molar-refractivity contribution is 9.10. The lowest BCUT2D eigenvalue weighted by molar-refractivity contribution is 0.370. The van der Waals surface area contributed by atoms with Crippen LogP contribution in [0.3, 0.4) is 0 Å². The molecule has 1 fully saturated rings. The van der Waals surface area contributed by atoms with Crippen LogP contribution < -0.4 is 5.32 Å². The van der Waals surface area contributed by atoms with E-state index in [1.165, 1.54) is 6.07 Å². The maximum Gasteiger partial charge on any atom is 0.128 e. The molecule has 0 aromatic heterocycles. The molecule has 1 nitrogen and oxygen atoms in total. The Morgan fingerprint density at radius 2 is 2.25 bits per heavy atom. The van der Waals surface area contributed by atoms with E-state index in [0.717, 1.165) is 23.0 Å². The lowest BCUT2D eigenvalue weighted by atomic mass is 9.98. The number of hydrogen-bond acceptors (Lipinski definition) is 1. The van der Waals surface area contributed by atoms with Gasteiger partial charge in [-0.1, -0.05) is 15.9 Å². The number of halogens is 2. The van der Waals surface area contributed by atoms with Gasteiger partial charge < -0.3 is 5.32 Å². The summed E-state index contributed by atoms with van der Waals surface area (Å²) in [6.45, 7) is 0.997. The maximum atomic E-state index is 13.2. The maximum absolute atomic E-state index is 13.2. The van der Waals surface area contributed by atoms with Crippen molar-refractivity contribution in [3.8, 4) is 0 Å². The molecular formula is C9H9BrFN. The zero-order chi connectivity index (χ0) is 8.55. The number of hydrogen-bond donors (Lipinski definition) is 1. The van der Waals surface area contributed by atoms with E-state index in [1.807, 2.05) is 6.07 Å². The SMILES string of the molecule is Fc1ccc(Br)cc1[C@@H]1CCN1. The van der Waals surface area contributed by atoms with Crippen molar-refractivity contribution in [1.29, 1.82) is 0 Å². The van der Waals surface area contributed by atoms with Gasteiger partial charge in [-0.3, -0.25) is 0 Å². The summed E-state index contributed by atoms with van der Waals surface area (Å²) in [6.07, 6.45) is 1.04. The van der Waals surface area contributed by atoms with Crippen molar-refractivity contribution in [2.45, 2.75) is 12.5 Å². The number of nitrogens with one attached hydrogen (secondary N) is 1. The summed E-state index contributed by atoms with van der Waals surface area (Å²) in [7, 11) is 0. The summed E-state index contributed by atoms with van der Waals surface area (Å²) in [4.78, 5) is 0. The largest absolute Gasteiger partial charge is 0.310 e. The Morgan fingerprint density at radius 1 is 1.50 bits per heavy atom. The second-order valence-electron chi connectivity index (χ2n) is 2.96. The minimum atomic E-state index is -0.115. The summed E-state index contributed by atoms with van der Waals surface area (Å²) in [5, 5.41) is 3.17. The van der Waals surface area contributed by atoms with Gasteiger partial charge in [0.1, 0.15) is 5.82 Å². The second-order valence-corrected chi connectivity index (χ2v) is 3.88. The first-order valence-electron chi connectivity index (χ1n) is 3.96. The van der Waals surface area contributed by atoms with Gasteiger partial charge in [-0.2, -0.15) is 0 Å². The molecule has 0 amide bonds. The fourth-order valence-corrected chi connectivity index (χ4v) is 1.71. The lowest BCUT2D eigenvalue weighted by Gasteiger charge is -2.28.